The number of nitrogens with zero attached hydrogens (tertiary/aromatic N) is 2. The normalized spacial score (nSPS) is 13.3. The number of thiazole rings is 1. The Morgan fingerprint density at radius 1 is 0.531 bits per heavy atom. The first kappa shape index (κ1) is 28.3. The first-order valence-electron chi connectivity index (χ1n) is 16.9. The number of para-hydroxylation sites is 1. The third kappa shape index (κ3) is 4.29. The van der Waals surface area contributed by atoms with Crippen molar-refractivity contribution in [3.8, 4) is 21.7 Å². The van der Waals surface area contributed by atoms with Gasteiger partial charge in [-0.2, -0.15) is 0 Å². The summed E-state index contributed by atoms with van der Waals surface area (Å²) in [7, 11) is 0. The number of anilines is 3. The summed E-state index contributed by atoms with van der Waals surface area (Å²) in [5.41, 5.74) is 11.0. The number of hydrogen-bond acceptors (Lipinski definition) is 3. The highest BCUT2D eigenvalue weighted by Gasteiger charge is 2.37. The summed E-state index contributed by atoms with van der Waals surface area (Å²) in [4.78, 5) is 7.61. The molecule has 10 rings (SSSR count). The van der Waals surface area contributed by atoms with E-state index >= 15 is 0 Å². The van der Waals surface area contributed by atoms with E-state index in [1.807, 2.05) is 0 Å². The van der Waals surface area contributed by atoms with Crippen LogP contribution in [-0.2, 0) is 5.41 Å². The minimum absolute atomic E-state index is 0.118. The monoisotopic (exact) mass is 644 g/mol. The van der Waals surface area contributed by atoms with E-state index < -0.39 is 0 Å². The van der Waals surface area contributed by atoms with E-state index in [2.05, 4.69) is 176 Å². The molecule has 232 valence electrons. The van der Waals surface area contributed by atoms with Crippen LogP contribution in [0.15, 0.2) is 158 Å². The second-order valence-electron chi connectivity index (χ2n) is 13.6. The van der Waals surface area contributed by atoms with Crippen LogP contribution in [0.3, 0.4) is 0 Å². The number of aromatic nitrogens is 1. The molecule has 1 aliphatic carbocycles. The molecule has 2 nitrogen and oxygen atoms in total. The third-order valence-corrected chi connectivity index (χ3v) is 11.5. The first-order chi connectivity index (χ1) is 24.0. The predicted octanol–water partition coefficient (Wildman–Crippen LogP) is 13.2. The summed E-state index contributed by atoms with van der Waals surface area (Å²) in [6.07, 6.45) is 0. The average Bonchev–Trinajstić information content (AvgIpc) is 3.69. The van der Waals surface area contributed by atoms with E-state index in [9.17, 15) is 0 Å². The summed E-state index contributed by atoms with van der Waals surface area (Å²) in [6.45, 7) is 4.74. The van der Waals surface area contributed by atoms with Gasteiger partial charge in [0.25, 0.3) is 0 Å². The smallest absolute Gasteiger partial charge is 0.124 e. The minimum Gasteiger partial charge on any atom is -0.310 e. The van der Waals surface area contributed by atoms with Crippen LogP contribution in [0.25, 0.3) is 64.2 Å². The van der Waals surface area contributed by atoms with Crippen LogP contribution in [0, 0.1) is 0 Å². The molecular weight excluding hydrogens is 613 g/mol. The molecule has 0 atom stereocenters. The van der Waals surface area contributed by atoms with Crippen molar-refractivity contribution in [2.75, 3.05) is 4.90 Å². The molecule has 0 saturated heterocycles. The highest BCUT2D eigenvalue weighted by Crippen LogP contribution is 2.53. The van der Waals surface area contributed by atoms with Gasteiger partial charge in [-0.1, -0.05) is 129 Å². The highest BCUT2D eigenvalue weighted by atomic mass is 32.1. The van der Waals surface area contributed by atoms with Crippen molar-refractivity contribution in [1.29, 1.82) is 0 Å². The van der Waals surface area contributed by atoms with Crippen molar-refractivity contribution in [3.63, 3.8) is 0 Å². The van der Waals surface area contributed by atoms with Gasteiger partial charge >= 0.3 is 0 Å². The molecule has 8 aromatic carbocycles. The number of benzene rings is 8. The lowest BCUT2D eigenvalue weighted by atomic mass is 9.82. The molecule has 0 aliphatic heterocycles. The van der Waals surface area contributed by atoms with E-state index in [1.54, 1.807) is 11.3 Å². The molecule has 1 heterocycles. The van der Waals surface area contributed by atoms with Crippen LogP contribution < -0.4 is 4.90 Å². The Hall–Kier alpha value is -5.77. The summed E-state index contributed by atoms with van der Waals surface area (Å²) >= 11 is 1.76. The van der Waals surface area contributed by atoms with Crippen molar-refractivity contribution < 1.29 is 0 Å². The Bertz CT molecular complexity index is 2740. The van der Waals surface area contributed by atoms with Crippen molar-refractivity contribution in [3.05, 3.63) is 169 Å². The average molecular weight is 645 g/mol. The topological polar surface area (TPSA) is 16.1 Å². The maximum Gasteiger partial charge on any atom is 0.124 e. The molecule has 0 fully saturated rings. The second kappa shape index (κ2) is 10.6. The second-order valence-corrected chi connectivity index (χ2v) is 14.6. The SMILES string of the molecule is CC1(C)c2cc(N(c3ccccc3)c3ccc4c(ccc5ccc6sc(-c7ccccc7)nc6c54)c3)ccc2-c2c1ccc1ccccc21. The molecule has 1 aliphatic rings. The number of fused-ring (bicyclic) bond motifs is 10. The van der Waals surface area contributed by atoms with Gasteiger partial charge in [0.15, 0.2) is 0 Å². The van der Waals surface area contributed by atoms with Gasteiger partial charge in [0.2, 0.25) is 0 Å². The molecule has 0 unspecified atom stereocenters. The van der Waals surface area contributed by atoms with E-state index in [4.69, 9.17) is 4.98 Å². The molecule has 3 heteroatoms. The van der Waals surface area contributed by atoms with Crippen molar-refractivity contribution >= 4 is 70.9 Å². The molecule has 1 aromatic heterocycles. The van der Waals surface area contributed by atoms with Crippen molar-refractivity contribution in [1.82, 2.24) is 4.98 Å². The van der Waals surface area contributed by atoms with Gasteiger partial charge in [0, 0.05) is 33.4 Å². The Balaban J connectivity index is 1.15. The highest BCUT2D eigenvalue weighted by molar-refractivity contribution is 7.21. The summed E-state index contributed by atoms with van der Waals surface area (Å²) in [6, 6.07) is 57.6. The fourth-order valence-corrected chi connectivity index (χ4v) is 9.01. The van der Waals surface area contributed by atoms with Crippen molar-refractivity contribution in [2.24, 2.45) is 0 Å². The van der Waals surface area contributed by atoms with E-state index in [-0.39, 0.29) is 5.41 Å². The van der Waals surface area contributed by atoms with Crippen LogP contribution in [-0.4, -0.2) is 4.98 Å². The van der Waals surface area contributed by atoms with Crippen LogP contribution in [0.5, 0.6) is 0 Å². The standard InChI is InChI=1S/C46H32N2S/c1-46(2)39-25-19-29-11-9-10-16-36(29)43(39)38-24-22-35(28-40(38)46)48(33-14-7-4-8-15-33)34-21-23-37-32(27-34)18-17-30-20-26-41-44(42(30)37)47-45(49-41)31-12-5-3-6-13-31/h3-28H,1-2H3. The largest absolute Gasteiger partial charge is 0.310 e. The zero-order valence-electron chi connectivity index (χ0n) is 27.3. The lowest BCUT2D eigenvalue weighted by Gasteiger charge is -2.28. The quantitative estimate of drug-likeness (QED) is 0.177. The van der Waals surface area contributed by atoms with E-state index in [1.165, 1.54) is 59.3 Å². The zero-order valence-corrected chi connectivity index (χ0v) is 28.1. The van der Waals surface area contributed by atoms with Crippen LogP contribution in [0.2, 0.25) is 0 Å². The first-order valence-corrected chi connectivity index (χ1v) is 17.7. The molecule has 0 spiro atoms. The Morgan fingerprint density at radius 2 is 1.22 bits per heavy atom. The van der Waals surface area contributed by atoms with Gasteiger partial charge in [-0.25, -0.2) is 4.98 Å². The van der Waals surface area contributed by atoms with E-state index in [0.717, 1.165) is 33.1 Å². The Kier molecular flexibility index (Phi) is 6.12. The molecule has 0 radical (unpaired) electrons. The molecule has 0 amide bonds. The van der Waals surface area contributed by atoms with Gasteiger partial charge in [0.05, 0.1) is 10.2 Å². The molecule has 49 heavy (non-hydrogen) atoms. The fraction of sp³-hybridized carbons (Fsp3) is 0.0652. The lowest BCUT2D eigenvalue weighted by Crippen LogP contribution is -2.16. The Morgan fingerprint density at radius 3 is 2.08 bits per heavy atom. The van der Waals surface area contributed by atoms with Crippen LogP contribution >= 0.6 is 11.3 Å². The number of hydrogen-bond donors (Lipinski definition) is 0. The lowest BCUT2D eigenvalue weighted by molar-refractivity contribution is 0.661. The number of rotatable bonds is 4. The molecular formula is C46H32N2S. The summed E-state index contributed by atoms with van der Waals surface area (Å²) in [5.74, 6) is 0. The predicted molar refractivity (Wildman–Crippen MR) is 210 cm³/mol. The molecule has 0 N–H and O–H groups in total. The molecule has 0 saturated carbocycles. The Labute approximate surface area is 289 Å². The third-order valence-electron chi connectivity index (χ3n) is 10.4. The maximum absolute atomic E-state index is 5.20. The maximum atomic E-state index is 5.20. The summed E-state index contributed by atoms with van der Waals surface area (Å²) in [5, 5.41) is 8.53. The van der Waals surface area contributed by atoms with Gasteiger partial charge in [-0.05, 0) is 91.6 Å². The zero-order chi connectivity index (χ0) is 32.7. The van der Waals surface area contributed by atoms with Gasteiger partial charge < -0.3 is 4.90 Å². The van der Waals surface area contributed by atoms with Crippen molar-refractivity contribution in [2.45, 2.75) is 19.3 Å². The van der Waals surface area contributed by atoms with Gasteiger partial charge in [-0.15, -0.1) is 11.3 Å². The molecule has 0 bridgehead atoms. The summed E-state index contributed by atoms with van der Waals surface area (Å²) < 4.78 is 1.21. The van der Waals surface area contributed by atoms with E-state index in [0.29, 0.717) is 0 Å². The fourth-order valence-electron chi connectivity index (χ4n) is 8.03. The van der Waals surface area contributed by atoms with Crippen LogP contribution in [0.4, 0.5) is 17.1 Å². The molecule has 9 aromatic rings. The van der Waals surface area contributed by atoms with Gasteiger partial charge in [-0.3, -0.25) is 0 Å². The minimum atomic E-state index is -0.118. The van der Waals surface area contributed by atoms with Gasteiger partial charge in [0.1, 0.15) is 5.01 Å². The van der Waals surface area contributed by atoms with Crippen LogP contribution in [0.1, 0.15) is 25.0 Å².